The topological polar surface area (TPSA) is 47.9 Å². The van der Waals surface area contributed by atoms with Crippen molar-refractivity contribution >= 4 is 0 Å². The molecule has 2 rings (SSSR count). The van der Waals surface area contributed by atoms with Crippen molar-refractivity contribution in [3.8, 4) is 11.5 Å². The van der Waals surface area contributed by atoms with E-state index in [9.17, 15) is 5.11 Å². The first-order valence-corrected chi connectivity index (χ1v) is 6.17. The van der Waals surface area contributed by atoms with Crippen molar-refractivity contribution in [2.24, 2.45) is 0 Å². The fourth-order valence-electron chi connectivity index (χ4n) is 1.77. The number of rotatable bonds is 4. The van der Waals surface area contributed by atoms with Crippen LogP contribution in [0.1, 0.15) is 32.4 Å². The molecule has 4 nitrogen and oxygen atoms in total. The second kappa shape index (κ2) is 5.16. The number of fused-ring (bicyclic) bond motifs is 1. The summed E-state index contributed by atoms with van der Waals surface area (Å²) in [6, 6.07) is 5.49. The van der Waals surface area contributed by atoms with E-state index in [1.807, 2.05) is 39.0 Å². The summed E-state index contributed by atoms with van der Waals surface area (Å²) in [6.07, 6.45) is -0.515. The van der Waals surface area contributed by atoms with Crippen LogP contribution in [-0.2, 0) is 4.74 Å². The van der Waals surface area contributed by atoms with Gasteiger partial charge in [-0.05, 0) is 32.9 Å². The van der Waals surface area contributed by atoms with Crippen LogP contribution in [0.25, 0.3) is 0 Å². The maximum Gasteiger partial charge on any atom is 0.129 e. The van der Waals surface area contributed by atoms with Gasteiger partial charge in [-0.2, -0.15) is 0 Å². The van der Waals surface area contributed by atoms with Gasteiger partial charge in [0, 0.05) is 11.6 Å². The lowest BCUT2D eigenvalue weighted by atomic mass is 10.1. The molecule has 1 aliphatic heterocycles. The summed E-state index contributed by atoms with van der Waals surface area (Å²) in [5.74, 6) is 1.44. The normalized spacial score (nSPS) is 18.3. The Labute approximate surface area is 107 Å². The van der Waals surface area contributed by atoms with Crippen LogP contribution in [0.3, 0.4) is 0 Å². The number of hydrogen-bond donors (Lipinski definition) is 1. The van der Waals surface area contributed by atoms with E-state index < -0.39 is 6.10 Å². The number of ether oxygens (including phenoxy) is 3. The molecule has 1 N–H and O–H groups in total. The molecule has 0 bridgehead atoms. The largest absolute Gasteiger partial charge is 0.491 e. The number of benzene rings is 1. The molecule has 1 atom stereocenters. The molecule has 100 valence electrons. The molecule has 0 fully saturated rings. The quantitative estimate of drug-likeness (QED) is 0.835. The van der Waals surface area contributed by atoms with Gasteiger partial charge in [-0.1, -0.05) is 0 Å². The Balaban J connectivity index is 1.84. The third-order valence-corrected chi connectivity index (χ3v) is 2.63. The second-order valence-corrected chi connectivity index (χ2v) is 5.34. The highest BCUT2D eigenvalue weighted by atomic mass is 16.5. The van der Waals surface area contributed by atoms with Crippen LogP contribution in [0.5, 0.6) is 11.5 Å². The van der Waals surface area contributed by atoms with Crippen molar-refractivity contribution in [2.75, 3.05) is 19.8 Å². The van der Waals surface area contributed by atoms with Crippen LogP contribution in [0.15, 0.2) is 18.2 Å². The summed E-state index contributed by atoms with van der Waals surface area (Å²) in [6.45, 7) is 7.40. The van der Waals surface area contributed by atoms with Crippen molar-refractivity contribution in [1.29, 1.82) is 0 Å². The highest BCUT2D eigenvalue weighted by molar-refractivity contribution is 5.44. The van der Waals surface area contributed by atoms with E-state index in [4.69, 9.17) is 14.2 Å². The van der Waals surface area contributed by atoms with Gasteiger partial charge in [0.15, 0.2) is 0 Å². The van der Waals surface area contributed by atoms with Crippen LogP contribution in [-0.4, -0.2) is 30.5 Å². The summed E-state index contributed by atoms with van der Waals surface area (Å²) in [5, 5.41) is 9.59. The Morgan fingerprint density at radius 3 is 2.83 bits per heavy atom. The first-order chi connectivity index (χ1) is 8.46. The molecule has 0 saturated heterocycles. The Kier molecular flexibility index (Phi) is 3.78. The maximum absolute atomic E-state index is 9.59. The third-order valence-electron chi connectivity index (χ3n) is 2.63. The van der Waals surface area contributed by atoms with Crippen molar-refractivity contribution in [3.63, 3.8) is 0 Å². The maximum atomic E-state index is 9.59. The molecule has 0 amide bonds. The first-order valence-electron chi connectivity index (χ1n) is 6.17. The molecular weight excluding hydrogens is 232 g/mol. The van der Waals surface area contributed by atoms with E-state index in [2.05, 4.69) is 0 Å². The molecule has 18 heavy (non-hydrogen) atoms. The standard InChI is InChI=1S/C14H20O4/c1-14(2,3)18-7-6-16-10-4-5-11-12(15)9-17-13(11)8-10/h4-5,8,12,15H,6-7,9H2,1-3H3. The molecule has 1 heterocycles. The predicted octanol–water partition coefficient (Wildman–Crippen LogP) is 2.31. The molecule has 1 aromatic carbocycles. The molecule has 4 heteroatoms. The lowest BCUT2D eigenvalue weighted by Crippen LogP contribution is -2.22. The van der Waals surface area contributed by atoms with E-state index >= 15 is 0 Å². The van der Waals surface area contributed by atoms with Crippen molar-refractivity contribution in [1.82, 2.24) is 0 Å². The molecule has 0 aromatic heterocycles. The summed E-state index contributed by atoms with van der Waals surface area (Å²) in [4.78, 5) is 0. The lowest BCUT2D eigenvalue weighted by Gasteiger charge is -2.19. The molecule has 1 unspecified atom stereocenters. The zero-order chi connectivity index (χ0) is 13.2. The zero-order valence-electron chi connectivity index (χ0n) is 11.1. The van der Waals surface area contributed by atoms with E-state index in [1.165, 1.54) is 0 Å². The van der Waals surface area contributed by atoms with Gasteiger partial charge in [-0.15, -0.1) is 0 Å². The molecule has 1 aliphatic rings. The lowest BCUT2D eigenvalue weighted by molar-refractivity contribution is -0.0163. The summed E-state index contributed by atoms with van der Waals surface area (Å²) >= 11 is 0. The van der Waals surface area contributed by atoms with E-state index in [1.54, 1.807) is 0 Å². The van der Waals surface area contributed by atoms with Gasteiger partial charge in [0.25, 0.3) is 0 Å². The Morgan fingerprint density at radius 2 is 2.11 bits per heavy atom. The van der Waals surface area contributed by atoms with Crippen LogP contribution >= 0.6 is 0 Å². The van der Waals surface area contributed by atoms with Gasteiger partial charge in [0.2, 0.25) is 0 Å². The van der Waals surface area contributed by atoms with Gasteiger partial charge in [0.05, 0.1) is 12.2 Å². The highest BCUT2D eigenvalue weighted by Gasteiger charge is 2.22. The first kappa shape index (κ1) is 13.2. The smallest absolute Gasteiger partial charge is 0.129 e. The fourth-order valence-corrected chi connectivity index (χ4v) is 1.77. The van der Waals surface area contributed by atoms with Gasteiger partial charge >= 0.3 is 0 Å². The summed E-state index contributed by atoms with van der Waals surface area (Å²) in [7, 11) is 0. The van der Waals surface area contributed by atoms with Crippen molar-refractivity contribution in [3.05, 3.63) is 23.8 Å². The zero-order valence-corrected chi connectivity index (χ0v) is 11.1. The Bertz CT molecular complexity index is 409. The van der Waals surface area contributed by atoms with Crippen LogP contribution in [0.4, 0.5) is 0 Å². The van der Waals surface area contributed by atoms with Crippen molar-refractivity contribution < 1.29 is 19.3 Å². The van der Waals surface area contributed by atoms with Gasteiger partial charge in [-0.25, -0.2) is 0 Å². The minimum absolute atomic E-state index is 0.144. The van der Waals surface area contributed by atoms with Crippen LogP contribution in [0, 0.1) is 0 Å². The molecule has 1 aromatic rings. The Hall–Kier alpha value is -1.26. The molecule has 0 spiro atoms. The predicted molar refractivity (Wildman–Crippen MR) is 68.1 cm³/mol. The van der Waals surface area contributed by atoms with E-state index in [0.717, 1.165) is 11.3 Å². The van der Waals surface area contributed by atoms with Gasteiger partial charge in [-0.3, -0.25) is 0 Å². The monoisotopic (exact) mass is 252 g/mol. The second-order valence-electron chi connectivity index (χ2n) is 5.34. The molecule has 0 radical (unpaired) electrons. The van der Waals surface area contributed by atoms with E-state index in [0.29, 0.717) is 25.6 Å². The van der Waals surface area contributed by atoms with Crippen LogP contribution < -0.4 is 9.47 Å². The number of aliphatic hydroxyl groups is 1. The molecule has 0 aliphatic carbocycles. The number of hydrogen-bond acceptors (Lipinski definition) is 4. The fraction of sp³-hybridized carbons (Fsp3) is 0.571. The molecular formula is C14H20O4. The SMILES string of the molecule is CC(C)(C)OCCOc1ccc2c(c1)OCC2O. The highest BCUT2D eigenvalue weighted by Crippen LogP contribution is 2.34. The van der Waals surface area contributed by atoms with Crippen molar-refractivity contribution in [2.45, 2.75) is 32.5 Å². The van der Waals surface area contributed by atoms with Crippen LogP contribution in [0.2, 0.25) is 0 Å². The van der Waals surface area contributed by atoms with Gasteiger partial charge < -0.3 is 19.3 Å². The summed E-state index contributed by atoms with van der Waals surface area (Å²) in [5.41, 5.74) is 0.683. The minimum atomic E-state index is -0.515. The average Bonchev–Trinajstić information content (AvgIpc) is 2.65. The molecule has 0 saturated carbocycles. The number of aliphatic hydroxyl groups excluding tert-OH is 1. The Morgan fingerprint density at radius 1 is 1.33 bits per heavy atom. The van der Waals surface area contributed by atoms with E-state index in [-0.39, 0.29) is 5.60 Å². The van der Waals surface area contributed by atoms with Gasteiger partial charge in [0.1, 0.15) is 30.8 Å². The third kappa shape index (κ3) is 3.37. The average molecular weight is 252 g/mol. The minimum Gasteiger partial charge on any atom is -0.491 e. The summed E-state index contributed by atoms with van der Waals surface area (Å²) < 4.78 is 16.5.